The van der Waals surface area contributed by atoms with Crippen molar-refractivity contribution in [2.45, 2.75) is 39.2 Å². The largest absolute Gasteiger partial charge is 0.464 e. The van der Waals surface area contributed by atoms with Crippen LogP contribution in [0.25, 0.3) is 0 Å². The van der Waals surface area contributed by atoms with E-state index in [2.05, 4.69) is 10.3 Å². The summed E-state index contributed by atoms with van der Waals surface area (Å²) in [4.78, 5) is 11.6. The summed E-state index contributed by atoms with van der Waals surface area (Å²) >= 11 is 0. The average Bonchev–Trinajstić information content (AvgIpc) is 2.79. The van der Waals surface area contributed by atoms with Crippen molar-refractivity contribution in [3.63, 3.8) is 0 Å². The minimum atomic E-state index is -0.441. The molecule has 1 unspecified atom stereocenters. The highest BCUT2D eigenvalue weighted by molar-refractivity contribution is 5.88. The lowest BCUT2D eigenvalue weighted by molar-refractivity contribution is 0.0592. The van der Waals surface area contributed by atoms with E-state index in [0.29, 0.717) is 12.3 Å². The fourth-order valence-electron chi connectivity index (χ4n) is 1.82. The van der Waals surface area contributed by atoms with Crippen molar-refractivity contribution in [1.82, 2.24) is 15.0 Å². The third-order valence-electron chi connectivity index (χ3n) is 2.81. The number of ether oxygens (including phenoxy) is 2. The molecule has 0 aliphatic carbocycles. The molecular formula is C12H21N3O3. The summed E-state index contributed by atoms with van der Waals surface area (Å²) in [5.41, 5.74) is 1.11. The summed E-state index contributed by atoms with van der Waals surface area (Å²) in [5.74, 6) is -0.289. The summed E-state index contributed by atoms with van der Waals surface area (Å²) in [6.45, 7) is 6.68. The molecule has 0 bridgehead atoms. The lowest BCUT2D eigenvalue weighted by atomic mass is 10.1. The Bertz CT molecular complexity index is 401. The lowest BCUT2D eigenvalue weighted by Gasteiger charge is -2.16. The summed E-state index contributed by atoms with van der Waals surface area (Å²) < 4.78 is 11.6. The van der Waals surface area contributed by atoms with Crippen LogP contribution in [0.15, 0.2) is 0 Å². The molecule has 6 heteroatoms. The number of methoxy groups -OCH3 is 2. The van der Waals surface area contributed by atoms with Crippen molar-refractivity contribution in [3.8, 4) is 0 Å². The highest BCUT2D eigenvalue weighted by Gasteiger charge is 2.24. The molecule has 1 heterocycles. The van der Waals surface area contributed by atoms with Gasteiger partial charge >= 0.3 is 5.97 Å². The maximum Gasteiger partial charge on any atom is 0.360 e. The number of hydrogen-bond donors (Lipinski definition) is 0. The Hall–Kier alpha value is -1.43. The molecule has 18 heavy (non-hydrogen) atoms. The number of hydrogen-bond acceptors (Lipinski definition) is 5. The van der Waals surface area contributed by atoms with Gasteiger partial charge in [0.1, 0.15) is 0 Å². The van der Waals surface area contributed by atoms with E-state index < -0.39 is 5.97 Å². The van der Waals surface area contributed by atoms with Gasteiger partial charge in [0.15, 0.2) is 5.69 Å². The average molecular weight is 255 g/mol. The van der Waals surface area contributed by atoms with Crippen LogP contribution >= 0.6 is 0 Å². The Labute approximate surface area is 107 Å². The van der Waals surface area contributed by atoms with Crippen LogP contribution in [0.1, 0.15) is 55.3 Å². The van der Waals surface area contributed by atoms with Gasteiger partial charge in [0.2, 0.25) is 0 Å². The molecule has 0 aliphatic rings. The van der Waals surface area contributed by atoms with Gasteiger partial charge in [-0.15, -0.1) is 5.10 Å². The van der Waals surface area contributed by atoms with E-state index in [1.54, 1.807) is 11.8 Å². The van der Waals surface area contributed by atoms with E-state index >= 15 is 0 Å². The summed E-state index contributed by atoms with van der Waals surface area (Å²) in [6, 6.07) is 0.133. The molecule has 1 rings (SSSR count). The monoisotopic (exact) mass is 255 g/mol. The van der Waals surface area contributed by atoms with Crippen molar-refractivity contribution in [2.24, 2.45) is 0 Å². The van der Waals surface area contributed by atoms with Gasteiger partial charge in [0, 0.05) is 13.7 Å². The van der Waals surface area contributed by atoms with Crippen LogP contribution in [0.3, 0.4) is 0 Å². The molecule has 0 fully saturated rings. The first-order chi connectivity index (χ1) is 8.52. The Morgan fingerprint density at radius 2 is 2.00 bits per heavy atom. The van der Waals surface area contributed by atoms with Gasteiger partial charge in [-0.1, -0.05) is 19.1 Å². The zero-order valence-corrected chi connectivity index (χ0v) is 11.6. The standard InChI is InChI=1S/C12H21N3O3/c1-8(2)11-10(12(16)18-5)13-14-15(11)9(3)6-7-17-4/h8-9H,6-7H2,1-5H3. The third kappa shape index (κ3) is 3.07. The number of esters is 1. The van der Waals surface area contributed by atoms with Gasteiger partial charge < -0.3 is 9.47 Å². The maximum atomic E-state index is 11.6. The molecular weight excluding hydrogens is 234 g/mol. The van der Waals surface area contributed by atoms with Crippen molar-refractivity contribution < 1.29 is 14.3 Å². The summed E-state index contributed by atoms with van der Waals surface area (Å²) in [6.07, 6.45) is 0.820. The molecule has 0 amide bonds. The second kappa shape index (κ2) is 6.49. The van der Waals surface area contributed by atoms with Gasteiger partial charge in [-0.2, -0.15) is 0 Å². The van der Waals surface area contributed by atoms with Gasteiger partial charge in [-0.25, -0.2) is 9.48 Å². The topological polar surface area (TPSA) is 66.2 Å². The predicted molar refractivity (Wildman–Crippen MR) is 66.7 cm³/mol. The van der Waals surface area contributed by atoms with E-state index in [1.165, 1.54) is 7.11 Å². The van der Waals surface area contributed by atoms with Crippen molar-refractivity contribution in [2.75, 3.05) is 20.8 Å². The molecule has 0 saturated carbocycles. The SMILES string of the molecule is COCCC(C)n1nnc(C(=O)OC)c1C(C)C. The molecule has 0 spiro atoms. The van der Waals surface area contributed by atoms with E-state index in [1.807, 2.05) is 20.8 Å². The number of rotatable bonds is 6. The molecule has 0 saturated heterocycles. The van der Waals surface area contributed by atoms with E-state index in [-0.39, 0.29) is 12.0 Å². The van der Waals surface area contributed by atoms with Gasteiger partial charge in [0.05, 0.1) is 18.8 Å². The van der Waals surface area contributed by atoms with Crippen LogP contribution in [-0.4, -0.2) is 41.8 Å². The molecule has 0 aliphatic heterocycles. The van der Waals surface area contributed by atoms with Gasteiger partial charge in [-0.05, 0) is 19.3 Å². The highest BCUT2D eigenvalue weighted by Crippen LogP contribution is 2.23. The first-order valence-electron chi connectivity index (χ1n) is 6.05. The molecule has 6 nitrogen and oxygen atoms in total. The third-order valence-corrected chi connectivity index (χ3v) is 2.81. The van der Waals surface area contributed by atoms with Crippen LogP contribution in [0.5, 0.6) is 0 Å². The minimum absolute atomic E-state index is 0.133. The summed E-state index contributed by atoms with van der Waals surface area (Å²) in [5, 5.41) is 8.00. The zero-order valence-electron chi connectivity index (χ0n) is 11.6. The second-order valence-electron chi connectivity index (χ2n) is 4.54. The van der Waals surface area contributed by atoms with Crippen LogP contribution in [0, 0.1) is 0 Å². The number of nitrogens with zero attached hydrogens (tertiary/aromatic N) is 3. The van der Waals surface area contributed by atoms with Crippen LogP contribution in [0.4, 0.5) is 0 Å². The second-order valence-corrected chi connectivity index (χ2v) is 4.54. The summed E-state index contributed by atoms with van der Waals surface area (Å²) in [7, 11) is 3.01. The first kappa shape index (κ1) is 14.6. The fraction of sp³-hybridized carbons (Fsp3) is 0.750. The fourth-order valence-corrected chi connectivity index (χ4v) is 1.82. The van der Waals surface area contributed by atoms with E-state index in [9.17, 15) is 4.79 Å². The minimum Gasteiger partial charge on any atom is -0.464 e. The van der Waals surface area contributed by atoms with Crippen molar-refractivity contribution in [3.05, 3.63) is 11.4 Å². The molecule has 0 aromatic carbocycles. The van der Waals surface area contributed by atoms with Gasteiger partial charge in [0.25, 0.3) is 0 Å². The predicted octanol–water partition coefficient (Wildman–Crippen LogP) is 1.79. The number of aromatic nitrogens is 3. The molecule has 0 radical (unpaired) electrons. The Balaban J connectivity index is 3.05. The number of carbonyl (C=O) groups excluding carboxylic acids is 1. The quantitative estimate of drug-likeness (QED) is 0.725. The van der Waals surface area contributed by atoms with Crippen LogP contribution in [0.2, 0.25) is 0 Å². The van der Waals surface area contributed by atoms with E-state index in [4.69, 9.17) is 9.47 Å². The molecule has 1 atom stereocenters. The first-order valence-corrected chi connectivity index (χ1v) is 6.05. The smallest absolute Gasteiger partial charge is 0.360 e. The Kier molecular flexibility index (Phi) is 5.27. The molecule has 1 aromatic rings. The molecule has 0 N–H and O–H groups in total. The van der Waals surface area contributed by atoms with Gasteiger partial charge in [-0.3, -0.25) is 0 Å². The lowest BCUT2D eigenvalue weighted by Crippen LogP contribution is -2.15. The van der Waals surface area contributed by atoms with Crippen LogP contribution < -0.4 is 0 Å². The van der Waals surface area contributed by atoms with Crippen molar-refractivity contribution >= 4 is 5.97 Å². The van der Waals surface area contributed by atoms with Crippen LogP contribution in [-0.2, 0) is 9.47 Å². The van der Waals surface area contributed by atoms with E-state index in [0.717, 1.165) is 12.1 Å². The normalized spacial score (nSPS) is 12.8. The Morgan fingerprint density at radius 3 is 2.50 bits per heavy atom. The molecule has 102 valence electrons. The highest BCUT2D eigenvalue weighted by atomic mass is 16.5. The number of carbonyl (C=O) groups is 1. The maximum absolute atomic E-state index is 11.6. The zero-order chi connectivity index (χ0) is 13.7. The molecule has 1 aromatic heterocycles. The van der Waals surface area contributed by atoms with Crippen molar-refractivity contribution in [1.29, 1.82) is 0 Å². The Morgan fingerprint density at radius 1 is 1.33 bits per heavy atom.